The molecule has 0 aliphatic rings. The smallest absolute Gasteiger partial charge is 0.0710 e. The van der Waals surface area contributed by atoms with E-state index < -0.39 is 0 Å². The van der Waals surface area contributed by atoms with Crippen molar-refractivity contribution < 1.29 is 5.11 Å². The molecule has 0 saturated carbocycles. The first-order chi connectivity index (χ1) is 6.91. The number of aryl methyl sites for hydroxylation is 1. The maximum absolute atomic E-state index is 9.43. The molecule has 0 saturated heterocycles. The van der Waals surface area contributed by atoms with Crippen LogP contribution in [0.3, 0.4) is 0 Å². The minimum absolute atomic E-state index is 0.0142. The van der Waals surface area contributed by atoms with Gasteiger partial charge in [0, 0.05) is 15.0 Å². The van der Waals surface area contributed by atoms with Gasteiger partial charge < -0.3 is 10.4 Å². The van der Waals surface area contributed by atoms with Crippen molar-refractivity contribution in [3.8, 4) is 0 Å². The van der Waals surface area contributed by atoms with E-state index in [1.165, 1.54) is 5.56 Å². The second kappa shape index (κ2) is 5.32. The minimum Gasteiger partial charge on any atom is -0.391 e. The Morgan fingerprint density at radius 2 is 1.67 bits per heavy atom. The van der Waals surface area contributed by atoms with Crippen molar-refractivity contribution in [3.05, 3.63) is 26.6 Å². The standard InChI is InChI=1S/C11H15Br2NO/c1-6-4-9(12)11(10(13)5-6)14-7(2)8(3)15/h4-5,7-8,14-15H,1-3H3. The van der Waals surface area contributed by atoms with Crippen LogP contribution in [0.1, 0.15) is 19.4 Å². The number of aliphatic hydroxyl groups excluding tert-OH is 1. The lowest BCUT2D eigenvalue weighted by molar-refractivity contribution is 0.178. The zero-order chi connectivity index (χ0) is 11.6. The van der Waals surface area contributed by atoms with Crippen LogP contribution in [0, 0.1) is 6.92 Å². The molecule has 0 aliphatic heterocycles. The van der Waals surface area contributed by atoms with Crippen LogP contribution in [0.5, 0.6) is 0 Å². The fraction of sp³-hybridized carbons (Fsp3) is 0.455. The van der Waals surface area contributed by atoms with Crippen LogP contribution in [-0.4, -0.2) is 17.3 Å². The topological polar surface area (TPSA) is 32.3 Å². The molecule has 1 aromatic carbocycles. The molecular weight excluding hydrogens is 322 g/mol. The first-order valence-electron chi connectivity index (χ1n) is 4.82. The highest BCUT2D eigenvalue weighted by Crippen LogP contribution is 2.32. The van der Waals surface area contributed by atoms with Crippen LogP contribution in [0.25, 0.3) is 0 Å². The summed E-state index contributed by atoms with van der Waals surface area (Å²) in [4.78, 5) is 0. The van der Waals surface area contributed by atoms with Crippen molar-refractivity contribution in [3.63, 3.8) is 0 Å². The third kappa shape index (κ3) is 3.47. The van der Waals surface area contributed by atoms with Crippen LogP contribution in [0.15, 0.2) is 21.1 Å². The highest BCUT2D eigenvalue weighted by molar-refractivity contribution is 9.11. The predicted molar refractivity (Wildman–Crippen MR) is 71.3 cm³/mol. The minimum atomic E-state index is -0.384. The number of benzene rings is 1. The van der Waals surface area contributed by atoms with Gasteiger partial charge in [-0.2, -0.15) is 0 Å². The van der Waals surface area contributed by atoms with Gasteiger partial charge in [-0.25, -0.2) is 0 Å². The van der Waals surface area contributed by atoms with E-state index >= 15 is 0 Å². The molecule has 4 heteroatoms. The van der Waals surface area contributed by atoms with Gasteiger partial charge in [0.1, 0.15) is 0 Å². The second-order valence-electron chi connectivity index (χ2n) is 3.78. The van der Waals surface area contributed by atoms with Crippen LogP contribution in [0.4, 0.5) is 5.69 Å². The monoisotopic (exact) mass is 335 g/mol. The normalized spacial score (nSPS) is 14.8. The summed E-state index contributed by atoms with van der Waals surface area (Å²) < 4.78 is 2.00. The van der Waals surface area contributed by atoms with E-state index in [1.807, 2.05) is 26.0 Å². The number of anilines is 1. The van der Waals surface area contributed by atoms with Crippen molar-refractivity contribution >= 4 is 37.5 Å². The van der Waals surface area contributed by atoms with Gasteiger partial charge in [0.25, 0.3) is 0 Å². The highest BCUT2D eigenvalue weighted by atomic mass is 79.9. The molecule has 0 bridgehead atoms. The third-order valence-electron chi connectivity index (χ3n) is 2.28. The first-order valence-corrected chi connectivity index (χ1v) is 6.40. The summed E-state index contributed by atoms with van der Waals surface area (Å²) in [5.74, 6) is 0. The van der Waals surface area contributed by atoms with Gasteiger partial charge in [-0.1, -0.05) is 0 Å². The molecule has 0 amide bonds. The van der Waals surface area contributed by atoms with E-state index in [9.17, 15) is 5.11 Å². The molecule has 84 valence electrons. The Hall–Kier alpha value is -0.0600. The van der Waals surface area contributed by atoms with Crippen molar-refractivity contribution in [2.24, 2.45) is 0 Å². The molecule has 0 fully saturated rings. The molecule has 1 aromatic rings. The number of hydrogen-bond donors (Lipinski definition) is 2. The van der Waals surface area contributed by atoms with Gasteiger partial charge in [-0.15, -0.1) is 0 Å². The molecule has 0 heterocycles. The highest BCUT2D eigenvalue weighted by Gasteiger charge is 2.12. The van der Waals surface area contributed by atoms with Gasteiger partial charge in [-0.3, -0.25) is 0 Å². The van der Waals surface area contributed by atoms with Gasteiger partial charge in [0.2, 0.25) is 0 Å². The predicted octanol–water partition coefficient (Wildman–Crippen LogP) is 3.70. The maximum atomic E-state index is 9.43. The number of rotatable bonds is 3. The molecule has 2 N–H and O–H groups in total. The van der Waals surface area contributed by atoms with E-state index in [1.54, 1.807) is 6.92 Å². The average molecular weight is 337 g/mol. The zero-order valence-corrected chi connectivity index (χ0v) is 12.2. The van der Waals surface area contributed by atoms with Gasteiger partial charge in [-0.05, 0) is 70.3 Å². The number of hydrogen-bond acceptors (Lipinski definition) is 2. The molecule has 2 nitrogen and oxygen atoms in total. The van der Waals surface area contributed by atoms with Gasteiger partial charge in [0.05, 0.1) is 11.8 Å². The van der Waals surface area contributed by atoms with Crippen LogP contribution < -0.4 is 5.32 Å². The van der Waals surface area contributed by atoms with Crippen molar-refractivity contribution in [2.75, 3.05) is 5.32 Å². The molecule has 0 aliphatic carbocycles. The van der Waals surface area contributed by atoms with E-state index in [2.05, 4.69) is 37.2 Å². The Morgan fingerprint density at radius 1 is 1.20 bits per heavy atom. The zero-order valence-electron chi connectivity index (χ0n) is 9.01. The molecule has 15 heavy (non-hydrogen) atoms. The molecule has 0 spiro atoms. The summed E-state index contributed by atoms with van der Waals surface area (Å²) in [5, 5.41) is 12.7. The lowest BCUT2D eigenvalue weighted by Crippen LogP contribution is -2.28. The molecule has 1 rings (SSSR count). The fourth-order valence-corrected chi connectivity index (χ4v) is 2.83. The van der Waals surface area contributed by atoms with Crippen molar-refractivity contribution in [1.82, 2.24) is 0 Å². The lowest BCUT2D eigenvalue weighted by Gasteiger charge is -2.20. The summed E-state index contributed by atoms with van der Waals surface area (Å²) in [7, 11) is 0. The first kappa shape index (κ1) is 13.0. The number of aliphatic hydroxyl groups is 1. The molecule has 2 atom stereocenters. The summed E-state index contributed by atoms with van der Waals surface area (Å²) in [6.45, 7) is 5.76. The van der Waals surface area contributed by atoms with Crippen LogP contribution in [0.2, 0.25) is 0 Å². The quantitative estimate of drug-likeness (QED) is 0.882. The van der Waals surface area contributed by atoms with Crippen molar-refractivity contribution in [2.45, 2.75) is 32.9 Å². The average Bonchev–Trinajstić information content (AvgIpc) is 2.10. The van der Waals surface area contributed by atoms with E-state index in [0.29, 0.717) is 0 Å². The SMILES string of the molecule is Cc1cc(Br)c(NC(C)C(C)O)c(Br)c1. The van der Waals surface area contributed by atoms with E-state index in [-0.39, 0.29) is 12.1 Å². The third-order valence-corrected chi connectivity index (χ3v) is 3.53. The summed E-state index contributed by atoms with van der Waals surface area (Å²) in [6.07, 6.45) is -0.384. The van der Waals surface area contributed by atoms with Gasteiger partial charge in [0.15, 0.2) is 0 Å². The maximum Gasteiger partial charge on any atom is 0.0710 e. The Balaban J connectivity index is 2.95. The van der Waals surface area contributed by atoms with Crippen LogP contribution >= 0.6 is 31.9 Å². The number of halogens is 2. The van der Waals surface area contributed by atoms with Crippen LogP contribution in [-0.2, 0) is 0 Å². The van der Waals surface area contributed by atoms with Crippen molar-refractivity contribution in [1.29, 1.82) is 0 Å². The Bertz CT molecular complexity index is 329. The Kier molecular flexibility index (Phi) is 4.62. The Morgan fingerprint density at radius 3 is 2.07 bits per heavy atom. The second-order valence-corrected chi connectivity index (χ2v) is 5.49. The summed E-state index contributed by atoms with van der Waals surface area (Å²) >= 11 is 7.00. The molecular formula is C11H15Br2NO. The summed E-state index contributed by atoms with van der Waals surface area (Å²) in [5.41, 5.74) is 2.16. The van der Waals surface area contributed by atoms with E-state index in [0.717, 1.165) is 14.6 Å². The fourth-order valence-electron chi connectivity index (χ4n) is 1.19. The molecule has 2 unspecified atom stereocenters. The lowest BCUT2D eigenvalue weighted by atomic mass is 10.2. The Labute approximate surface area is 107 Å². The molecule has 0 aromatic heterocycles. The summed E-state index contributed by atoms with van der Waals surface area (Å²) in [6, 6.07) is 4.10. The number of nitrogens with one attached hydrogen (secondary N) is 1. The van der Waals surface area contributed by atoms with E-state index in [4.69, 9.17) is 0 Å². The molecule has 0 radical (unpaired) electrons. The largest absolute Gasteiger partial charge is 0.391 e. The van der Waals surface area contributed by atoms with Gasteiger partial charge >= 0.3 is 0 Å².